The van der Waals surface area contributed by atoms with Crippen LogP contribution in [0, 0.1) is 0 Å². The molecule has 0 unspecified atom stereocenters. The predicted octanol–water partition coefficient (Wildman–Crippen LogP) is 0.230. The third-order valence-electron chi connectivity index (χ3n) is 0. The van der Waals surface area contributed by atoms with Crippen molar-refractivity contribution < 1.29 is 26.1 Å². The van der Waals surface area contributed by atoms with E-state index >= 15 is 0 Å². The first kappa shape index (κ1) is 15.8. The van der Waals surface area contributed by atoms with Crippen molar-refractivity contribution in [2.75, 3.05) is 0 Å². The molecule has 0 aliphatic heterocycles. The van der Waals surface area contributed by atoms with Crippen LogP contribution in [0.15, 0.2) is 0 Å². The largest absolute Gasteiger partial charge is 2.00 e. The standard InChI is InChI=1S/2C2H3O.Ni/c2*1-2-3;/h2*1H3;/q2*-1;+2. The van der Waals surface area contributed by atoms with E-state index in [0.29, 0.717) is 0 Å². The first-order valence-electron chi connectivity index (χ1n) is 1.41. The van der Waals surface area contributed by atoms with Crippen LogP contribution in [0.1, 0.15) is 13.8 Å². The molecule has 0 aromatic rings. The summed E-state index contributed by atoms with van der Waals surface area (Å²) in [6.45, 7) is 2.64. The quantitative estimate of drug-likeness (QED) is 0.361. The fourth-order valence-electron chi connectivity index (χ4n) is 0. The normalized spacial score (nSPS) is 3.71. The van der Waals surface area contributed by atoms with Crippen molar-refractivity contribution in [1.82, 2.24) is 0 Å². The molecule has 0 N–H and O–H groups in total. The Balaban J connectivity index is -0.0000000400. The van der Waals surface area contributed by atoms with E-state index in [1.165, 1.54) is 26.4 Å². The first-order chi connectivity index (χ1) is 2.83. The molecule has 44 valence electrons. The molecule has 0 saturated heterocycles. The Kier molecular flexibility index (Phi) is 91.6. The molecule has 0 radical (unpaired) electrons. The van der Waals surface area contributed by atoms with E-state index in [9.17, 15) is 0 Å². The minimum Gasteiger partial charge on any atom is -0.542 e. The first-order valence-corrected chi connectivity index (χ1v) is 1.41. The fraction of sp³-hybridized carbons (Fsp3) is 0.500. The molecule has 2 nitrogen and oxygen atoms in total. The number of carbonyl (C=O) groups excluding carboxylic acids is 2. The van der Waals surface area contributed by atoms with Gasteiger partial charge in [0.15, 0.2) is 0 Å². The maximum atomic E-state index is 8.68. The summed E-state index contributed by atoms with van der Waals surface area (Å²) < 4.78 is 0. The van der Waals surface area contributed by atoms with Crippen molar-refractivity contribution in [3.8, 4) is 0 Å². The maximum Gasteiger partial charge on any atom is 2.00 e. The van der Waals surface area contributed by atoms with Gasteiger partial charge < -0.3 is 9.59 Å². The summed E-state index contributed by atoms with van der Waals surface area (Å²) in [5.74, 6) is 0. The molecule has 7 heavy (non-hydrogen) atoms. The van der Waals surface area contributed by atoms with Crippen LogP contribution in [0.5, 0.6) is 0 Å². The third kappa shape index (κ3) is 3090. The van der Waals surface area contributed by atoms with Crippen LogP contribution >= 0.6 is 0 Å². The van der Waals surface area contributed by atoms with E-state index in [1.54, 1.807) is 0 Å². The van der Waals surface area contributed by atoms with Crippen LogP contribution in [0.2, 0.25) is 0 Å². The Bertz CT molecular complexity index is 30.7. The van der Waals surface area contributed by atoms with Crippen LogP contribution in [-0.2, 0) is 26.1 Å². The van der Waals surface area contributed by atoms with Gasteiger partial charge in [0, 0.05) is 0 Å². The van der Waals surface area contributed by atoms with Gasteiger partial charge in [-0.15, -0.1) is 0 Å². The van der Waals surface area contributed by atoms with Crippen molar-refractivity contribution >= 4 is 12.6 Å². The zero-order chi connectivity index (χ0) is 5.41. The zero-order valence-corrected chi connectivity index (χ0v) is 5.12. The zero-order valence-electron chi connectivity index (χ0n) is 4.13. The molecule has 0 spiro atoms. The van der Waals surface area contributed by atoms with Crippen LogP contribution in [0.25, 0.3) is 0 Å². The molecule has 0 heterocycles. The molecule has 0 aromatic carbocycles. The number of hydrogen-bond acceptors (Lipinski definition) is 2. The molecule has 0 fully saturated rings. The van der Waals surface area contributed by atoms with Crippen LogP contribution in [0.4, 0.5) is 0 Å². The van der Waals surface area contributed by atoms with Gasteiger partial charge in [-0.05, 0) is 0 Å². The maximum absolute atomic E-state index is 8.68. The minimum absolute atomic E-state index is 0. The molecule has 0 bridgehead atoms. The summed E-state index contributed by atoms with van der Waals surface area (Å²) in [6.07, 6.45) is 3.00. The average molecular weight is 145 g/mol. The molecule has 0 atom stereocenters. The molecule has 0 aromatic heterocycles. The van der Waals surface area contributed by atoms with Gasteiger partial charge in [0.05, 0.1) is 0 Å². The van der Waals surface area contributed by atoms with Gasteiger partial charge in [-0.25, -0.2) is 0 Å². The molecular weight excluding hydrogens is 139 g/mol. The summed E-state index contributed by atoms with van der Waals surface area (Å²) >= 11 is 0. The van der Waals surface area contributed by atoms with Crippen molar-refractivity contribution in [3.05, 3.63) is 0 Å². The Hall–Kier alpha value is -0.166. The summed E-state index contributed by atoms with van der Waals surface area (Å²) in [7, 11) is 0. The van der Waals surface area contributed by atoms with Gasteiger partial charge >= 0.3 is 16.5 Å². The Morgan fingerprint density at radius 3 is 1.00 bits per heavy atom. The molecule has 3 heteroatoms. The Morgan fingerprint density at radius 2 is 1.00 bits per heavy atom. The summed E-state index contributed by atoms with van der Waals surface area (Å²) in [4.78, 5) is 17.4. The Labute approximate surface area is 53.2 Å². The number of hydrogen-bond donors (Lipinski definition) is 0. The predicted molar refractivity (Wildman–Crippen MR) is 22.7 cm³/mol. The van der Waals surface area contributed by atoms with Gasteiger partial charge in [-0.1, -0.05) is 0 Å². The second-order valence-electron chi connectivity index (χ2n) is 0.408. The van der Waals surface area contributed by atoms with Crippen molar-refractivity contribution in [3.63, 3.8) is 0 Å². The van der Waals surface area contributed by atoms with Crippen LogP contribution in [0.3, 0.4) is 0 Å². The van der Waals surface area contributed by atoms with Gasteiger partial charge in [-0.2, -0.15) is 13.8 Å². The molecule has 0 amide bonds. The van der Waals surface area contributed by atoms with Gasteiger partial charge in [0.1, 0.15) is 0 Å². The monoisotopic (exact) mass is 144 g/mol. The molecule has 0 saturated carbocycles. The van der Waals surface area contributed by atoms with E-state index < -0.39 is 0 Å². The Morgan fingerprint density at radius 1 is 1.00 bits per heavy atom. The van der Waals surface area contributed by atoms with E-state index in [2.05, 4.69) is 0 Å². The van der Waals surface area contributed by atoms with Crippen LogP contribution < -0.4 is 0 Å². The van der Waals surface area contributed by atoms with E-state index in [-0.39, 0.29) is 16.5 Å². The smallest absolute Gasteiger partial charge is 0.542 e. The van der Waals surface area contributed by atoms with Crippen molar-refractivity contribution in [1.29, 1.82) is 0 Å². The molecule has 0 rings (SSSR count). The molecular formula is C4H6NiO2. The summed E-state index contributed by atoms with van der Waals surface area (Å²) in [5, 5.41) is 0. The minimum atomic E-state index is 0. The average Bonchev–Trinajstić information content (AvgIpc) is 1.39. The second kappa shape index (κ2) is 40.5. The van der Waals surface area contributed by atoms with E-state index in [1.807, 2.05) is 0 Å². The summed E-state index contributed by atoms with van der Waals surface area (Å²) in [5.41, 5.74) is 0. The topological polar surface area (TPSA) is 34.1 Å². The van der Waals surface area contributed by atoms with Gasteiger partial charge in [-0.3, -0.25) is 12.6 Å². The van der Waals surface area contributed by atoms with Gasteiger partial charge in [0.2, 0.25) is 0 Å². The SMILES string of the molecule is C[C-]=O.C[C-]=O.[Ni+2]. The van der Waals surface area contributed by atoms with E-state index in [4.69, 9.17) is 9.59 Å². The summed E-state index contributed by atoms with van der Waals surface area (Å²) in [6, 6.07) is 0. The van der Waals surface area contributed by atoms with Crippen LogP contribution in [-0.4, -0.2) is 12.6 Å². The molecule has 0 aliphatic rings. The second-order valence-corrected chi connectivity index (χ2v) is 0.408. The fourth-order valence-corrected chi connectivity index (χ4v) is 0. The van der Waals surface area contributed by atoms with Crippen molar-refractivity contribution in [2.24, 2.45) is 0 Å². The van der Waals surface area contributed by atoms with Gasteiger partial charge in [0.25, 0.3) is 0 Å². The van der Waals surface area contributed by atoms with Crippen molar-refractivity contribution in [2.45, 2.75) is 13.8 Å². The third-order valence-corrected chi connectivity index (χ3v) is 0. The van der Waals surface area contributed by atoms with E-state index in [0.717, 1.165) is 0 Å². The number of rotatable bonds is 0. The molecule has 0 aliphatic carbocycles.